The van der Waals surface area contributed by atoms with Gasteiger partial charge in [-0.15, -0.1) is 0 Å². The van der Waals surface area contributed by atoms with Crippen LogP contribution in [-0.2, 0) is 0 Å². The number of anilines is 1. The second-order valence-electron chi connectivity index (χ2n) is 3.85. The molecule has 3 heterocycles. The van der Waals surface area contributed by atoms with Crippen molar-refractivity contribution >= 4 is 11.3 Å². The fourth-order valence-corrected chi connectivity index (χ4v) is 1.88. The Hall–Kier alpha value is -2.43. The third-order valence-corrected chi connectivity index (χ3v) is 2.67. The maximum atomic E-state index is 5.79. The van der Waals surface area contributed by atoms with Crippen LogP contribution in [0.25, 0.3) is 16.8 Å². The lowest BCUT2D eigenvalue weighted by Crippen LogP contribution is -1.99. The Bertz CT molecular complexity index is 686. The molecule has 3 aromatic heterocycles. The van der Waals surface area contributed by atoms with E-state index in [9.17, 15) is 0 Å². The molecular weight excluding hydrogens is 214 g/mol. The van der Waals surface area contributed by atoms with E-state index in [2.05, 4.69) is 15.1 Å². The van der Waals surface area contributed by atoms with Crippen molar-refractivity contribution in [2.45, 2.75) is 6.92 Å². The first-order chi connectivity index (χ1) is 8.25. The molecule has 17 heavy (non-hydrogen) atoms. The zero-order valence-corrected chi connectivity index (χ0v) is 9.33. The van der Waals surface area contributed by atoms with E-state index in [0.29, 0.717) is 5.82 Å². The fraction of sp³-hybridized carbons (Fsp3) is 0.0833. The van der Waals surface area contributed by atoms with E-state index in [4.69, 9.17) is 5.73 Å². The van der Waals surface area contributed by atoms with Gasteiger partial charge in [0.05, 0.1) is 5.69 Å². The van der Waals surface area contributed by atoms with Gasteiger partial charge in [0, 0.05) is 17.5 Å². The molecule has 0 spiro atoms. The van der Waals surface area contributed by atoms with Crippen molar-refractivity contribution in [3.8, 4) is 11.3 Å². The highest BCUT2D eigenvalue weighted by atomic mass is 15.2. The molecule has 84 valence electrons. The minimum absolute atomic E-state index is 0.483. The molecule has 0 fully saturated rings. The number of nitrogens with two attached hydrogens (primary N) is 1. The standard InChI is InChI=1S/C12H11N5/c1-8-6-9(4-5-14-8)10-2-3-11-12(13)15-7-16-17(10)11/h2-7H,1H3,(H2,13,15,16). The van der Waals surface area contributed by atoms with Crippen LogP contribution in [0.1, 0.15) is 5.69 Å². The highest BCUT2D eigenvalue weighted by Crippen LogP contribution is 2.23. The highest BCUT2D eigenvalue weighted by molar-refractivity contribution is 5.73. The normalized spacial score (nSPS) is 10.9. The van der Waals surface area contributed by atoms with E-state index < -0.39 is 0 Å². The predicted molar refractivity (Wildman–Crippen MR) is 65.4 cm³/mol. The van der Waals surface area contributed by atoms with Gasteiger partial charge < -0.3 is 5.73 Å². The predicted octanol–water partition coefficient (Wildman–Crippen LogP) is 1.68. The number of nitrogen functional groups attached to an aromatic ring is 1. The largest absolute Gasteiger partial charge is 0.382 e. The van der Waals surface area contributed by atoms with Crippen molar-refractivity contribution in [1.29, 1.82) is 0 Å². The van der Waals surface area contributed by atoms with Crippen molar-refractivity contribution in [2.75, 3.05) is 5.73 Å². The van der Waals surface area contributed by atoms with Crippen LogP contribution in [0.2, 0.25) is 0 Å². The van der Waals surface area contributed by atoms with E-state index in [1.54, 1.807) is 10.7 Å². The molecule has 0 saturated heterocycles. The second kappa shape index (κ2) is 3.55. The van der Waals surface area contributed by atoms with Crippen LogP contribution < -0.4 is 5.73 Å². The molecule has 0 aliphatic heterocycles. The van der Waals surface area contributed by atoms with E-state index in [1.165, 1.54) is 6.33 Å². The summed E-state index contributed by atoms with van der Waals surface area (Å²) in [5, 5.41) is 4.21. The summed E-state index contributed by atoms with van der Waals surface area (Å²) in [6, 6.07) is 7.86. The van der Waals surface area contributed by atoms with Gasteiger partial charge in [0.15, 0.2) is 5.82 Å². The number of hydrogen-bond acceptors (Lipinski definition) is 4. The van der Waals surface area contributed by atoms with E-state index >= 15 is 0 Å². The Kier molecular flexibility index (Phi) is 2.04. The summed E-state index contributed by atoms with van der Waals surface area (Å²) >= 11 is 0. The van der Waals surface area contributed by atoms with Crippen molar-refractivity contribution in [1.82, 2.24) is 19.6 Å². The Morgan fingerprint density at radius 1 is 1.18 bits per heavy atom. The summed E-state index contributed by atoms with van der Waals surface area (Å²) in [6.45, 7) is 1.96. The summed E-state index contributed by atoms with van der Waals surface area (Å²) in [7, 11) is 0. The summed E-state index contributed by atoms with van der Waals surface area (Å²) in [4.78, 5) is 8.15. The van der Waals surface area contributed by atoms with Gasteiger partial charge in [-0.1, -0.05) is 0 Å². The maximum absolute atomic E-state index is 5.79. The SMILES string of the molecule is Cc1cc(-c2ccc3c(N)ncnn23)ccn1. The smallest absolute Gasteiger partial charge is 0.151 e. The van der Waals surface area contributed by atoms with Crippen LogP contribution in [0.4, 0.5) is 5.82 Å². The van der Waals surface area contributed by atoms with Gasteiger partial charge in [-0.25, -0.2) is 9.50 Å². The van der Waals surface area contributed by atoms with Gasteiger partial charge in [0.2, 0.25) is 0 Å². The van der Waals surface area contributed by atoms with Crippen molar-refractivity contribution in [2.24, 2.45) is 0 Å². The Labute approximate surface area is 97.9 Å². The van der Waals surface area contributed by atoms with E-state index in [1.807, 2.05) is 31.2 Å². The number of rotatable bonds is 1. The first-order valence-corrected chi connectivity index (χ1v) is 5.27. The topological polar surface area (TPSA) is 69.1 Å². The van der Waals surface area contributed by atoms with Crippen LogP contribution in [0.5, 0.6) is 0 Å². The average molecular weight is 225 g/mol. The molecule has 0 radical (unpaired) electrons. The fourth-order valence-electron chi connectivity index (χ4n) is 1.88. The van der Waals surface area contributed by atoms with Gasteiger partial charge in [0.1, 0.15) is 11.8 Å². The molecule has 0 aliphatic carbocycles. The van der Waals surface area contributed by atoms with Crippen LogP contribution >= 0.6 is 0 Å². The van der Waals surface area contributed by atoms with Crippen LogP contribution in [-0.4, -0.2) is 19.6 Å². The first kappa shape index (κ1) is 9.77. The molecular formula is C12H11N5. The Morgan fingerprint density at radius 3 is 2.88 bits per heavy atom. The summed E-state index contributed by atoms with van der Waals surface area (Å²) in [6.07, 6.45) is 3.24. The molecule has 2 N–H and O–H groups in total. The van der Waals surface area contributed by atoms with Gasteiger partial charge in [-0.05, 0) is 31.2 Å². The molecule has 0 amide bonds. The maximum Gasteiger partial charge on any atom is 0.151 e. The molecule has 0 unspecified atom stereocenters. The number of hydrogen-bond donors (Lipinski definition) is 1. The molecule has 5 nitrogen and oxygen atoms in total. The molecule has 5 heteroatoms. The van der Waals surface area contributed by atoms with Crippen molar-refractivity contribution < 1.29 is 0 Å². The van der Waals surface area contributed by atoms with Crippen molar-refractivity contribution in [3.63, 3.8) is 0 Å². The Morgan fingerprint density at radius 2 is 2.06 bits per heavy atom. The average Bonchev–Trinajstić information content (AvgIpc) is 2.74. The zero-order chi connectivity index (χ0) is 11.8. The third kappa shape index (κ3) is 1.52. The minimum atomic E-state index is 0.483. The number of pyridine rings is 1. The lowest BCUT2D eigenvalue weighted by molar-refractivity contribution is 0.913. The second-order valence-corrected chi connectivity index (χ2v) is 3.85. The summed E-state index contributed by atoms with van der Waals surface area (Å²) in [5.74, 6) is 0.483. The van der Waals surface area contributed by atoms with Gasteiger partial charge in [0.25, 0.3) is 0 Å². The monoisotopic (exact) mass is 225 g/mol. The van der Waals surface area contributed by atoms with Crippen LogP contribution in [0.15, 0.2) is 36.8 Å². The minimum Gasteiger partial charge on any atom is -0.382 e. The van der Waals surface area contributed by atoms with Crippen LogP contribution in [0.3, 0.4) is 0 Å². The van der Waals surface area contributed by atoms with Crippen LogP contribution in [0, 0.1) is 6.92 Å². The van der Waals surface area contributed by atoms with Gasteiger partial charge in [-0.3, -0.25) is 4.98 Å². The quantitative estimate of drug-likeness (QED) is 0.684. The number of aryl methyl sites for hydroxylation is 1. The molecule has 3 rings (SSSR count). The van der Waals surface area contributed by atoms with Crippen molar-refractivity contribution in [3.05, 3.63) is 42.5 Å². The number of nitrogens with zero attached hydrogens (tertiary/aromatic N) is 4. The molecule has 3 aromatic rings. The molecule has 0 aromatic carbocycles. The molecule has 0 saturated carbocycles. The molecule has 0 aliphatic rings. The third-order valence-electron chi connectivity index (χ3n) is 2.67. The number of fused-ring (bicyclic) bond motifs is 1. The van der Waals surface area contributed by atoms with E-state index in [-0.39, 0.29) is 0 Å². The molecule has 0 atom stereocenters. The Balaban J connectivity index is 2.28. The molecule has 0 bridgehead atoms. The zero-order valence-electron chi connectivity index (χ0n) is 9.33. The lowest BCUT2D eigenvalue weighted by Gasteiger charge is -2.03. The van der Waals surface area contributed by atoms with Gasteiger partial charge >= 0.3 is 0 Å². The summed E-state index contributed by atoms with van der Waals surface area (Å²) < 4.78 is 1.79. The highest BCUT2D eigenvalue weighted by Gasteiger charge is 2.07. The lowest BCUT2D eigenvalue weighted by atomic mass is 10.2. The van der Waals surface area contributed by atoms with E-state index in [0.717, 1.165) is 22.5 Å². The number of aromatic nitrogens is 4. The first-order valence-electron chi connectivity index (χ1n) is 5.27. The summed E-state index contributed by atoms with van der Waals surface area (Å²) in [5.41, 5.74) is 9.63. The van der Waals surface area contributed by atoms with Gasteiger partial charge in [-0.2, -0.15) is 5.10 Å².